The Kier molecular flexibility index (Phi) is 3.28. The first-order valence-corrected chi connectivity index (χ1v) is 6.21. The van der Waals surface area contributed by atoms with Gasteiger partial charge in [-0.1, -0.05) is 12.1 Å². The second-order valence-electron chi connectivity index (χ2n) is 2.92. The van der Waals surface area contributed by atoms with Crippen LogP contribution in [0.4, 0.5) is 0 Å². The monoisotopic (exact) mass is 239 g/mol. The van der Waals surface area contributed by atoms with E-state index in [1.54, 1.807) is 18.1 Å². The van der Waals surface area contributed by atoms with Crippen molar-refractivity contribution in [3.8, 4) is 5.69 Å². The Balaban J connectivity index is 2.53. The summed E-state index contributed by atoms with van der Waals surface area (Å²) in [5.41, 5.74) is 1.07. The van der Waals surface area contributed by atoms with Gasteiger partial charge in [0.2, 0.25) is 0 Å². The Hall–Kier alpha value is -1.00. The van der Waals surface area contributed by atoms with Gasteiger partial charge in [0.25, 0.3) is 0 Å². The summed E-state index contributed by atoms with van der Waals surface area (Å²) >= 11 is 7.48. The van der Waals surface area contributed by atoms with Crippen molar-refractivity contribution < 1.29 is 0 Å². The third-order valence-corrected chi connectivity index (χ3v) is 3.11. The molecule has 0 saturated carbocycles. The van der Waals surface area contributed by atoms with Crippen LogP contribution < -0.4 is 0 Å². The molecular formula is C10H10ClN3S. The number of alkyl halides is 1. The van der Waals surface area contributed by atoms with Crippen LogP contribution in [0.3, 0.4) is 0 Å². The highest BCUT2D eigenvalue weighted by Crippen LogP contribution is 2.24. The fraction of sp³-hybridized carbons (Fsp3) is 0.200. The molecule has 2 aromatic rings. The molecule has 15 heavy (non-hydrogen) atoms. The van der Waals surface area contributed by atoms with Crippen LogP contribution in [-0.4, -0.2) is 21.0 Å². The first-order chi connectivity index (χ1) is 7.36. The lowest BCUT2D eigenvalue weighted by atomic mass is 10.3. The SMILES string of the molecule is CSc1ccccc1-n1cnnc1CCl. The number of aromatic nitrogens is 3. The number of hydrogen-bond donors (Lipinski definition) is 0. The van der Waals surface area contributed by atoms with Gasteiger partial charge in [-0.25, -0.2) is 0 Å². The number of halogens is 1. The second kappa shape index (κ2) is 4.68. The number of nitrogens with zero attached hydrogens (tertiary/aromatic N) is 3. The maximum atomic E-state index is 5.79. The van der Waals surface area contributed by atoms with Crippen LogP contribution in [0.1, 0.15) is 5.82 Å². The zero-order valence-corrected chi connectivity index (χ0v) is 9.79. The van der Waals surface area contributed by atoms with Gasteiger partial charge < -0.3 is 0 Å². The van der Waals surface area contributed by atoms with E-state index in [0.29, 0.717) is 5.88 Å². The van der Waals surface area contributed by atoms with E-state index in [2.05, 4.69) is 16.3 Å². The van der Waals surface area contributed by atoms with Crippen LogP contribution in [0.15, 0.2) is 35.5 Å². The summed E-state index contributed by atoms with van der Waals surface area (Å²) in [5.74, 6) is 1.13. The van der Waals surface area contributed by atoms with Crippen molar-refractivity contribution in [2.75, 3.05) is 6.26 Å². The first-order valence-electron chi connectivity index (χ1n) is 4.45. The minimum atomic E-state index is 0.364. The highest BCUT2D eigenvalue weighted by molar-refractivity contribution is 7.98. The number of thioether (sulfide) groups is 1. The molecule has 0 unspecified atom stereocenters. The minimum absolute atomic E-state index is 0.364. The average molecular weight is 240 g/mol. The van der Waals surface area contributed by atoms with Crippen LogP contribution in [-0.2, 0) is 5.88 Å². The molecule has 1 heterocycles. The van der Waals surface area contributed by atoms with E-state index in [1.165, 1.54) is 4.90 Å². The van der Waals surface area contributed by atoms with E-state index in [4.69, 9.17) is 11.6 Å². The molecule has 0 aliphatic carbocycles. The summed E-state index contributed by atoms with van der Waals surface area (Å²) in [6.45, 7) is 0. The van der Waals surface area contributed by atoms with Crippen molar-refractivity contribution in [2.45, 2.75) is 10.8 Å². The predicted octanol–water partition coefficient (Wildman–Crippen LogP) is 2.73. The molecule has 0 amide bonds. The average Bonchev–Trinajstić information content (AvgIpc) is 2.76. The molecule has 78 valence electrons. The number of rotatable bonds is 3. The first kappa shape index (κ1) is 10.5. The summed E-state index contributed by atoms with van der Waals surface area (Å²) in [6, 6.07) is 8.11. The van der Waals surface area contributed by atoms with Crippen LogP contribution in [0.25, 0.3) is 5.69 Å². The summed E-state index contributed by atoms with van der Waals surface area (Å²) < 4.78 is 1.92. The molecule has 0 radical (unpaired) electrons. The Morgan fingerprint density at radius 2 is 2.20 bits per heavy atom. The molecule has 0 saturated heterocycles. The molecular weight excluding hydrogens is 230 g/mol. The summed E-state index contributed by atoms with van der Waals surface area (Å²) in [5, 5.41) is 7.82. The van der Waals surface area contributed by atoms with Gasteiger partial charge in [0, 0.05) is 4.90 Å². The zero-order chi connectivity index (χ0) is 10.7. The summed E-state index contributed by atoms with van der Waals surface area (Å²) in [4.78, 5) is 1.18. The smallest absolute Gasteiger partial charge is 0.152 e. The van der Waals surface area contributed by atoms with Gasteiger partial charge in [-0.05, 0) is 18.4 Å². The Morgan fingerprint density at radius 1 is 1.40 bits per heavy atom. The van der Waals surface area contributed by atoms with E-state index in [1.807, 2.05) is 29.0 Å². The second-order valence-corrected chi connectivity index (χ2v) is 4.04. The van der Waals surface area contributed by atoms with Crippen LogP contribution in [0.5, 0.6) is 0 Å². The third kappa shape index (κ3) is 2.01. The van der Waals surface area contributed by atoms with Crippen molar-refractivity contribution in [3.05, 3.63) is 36.4 Å². The maximum absolute atomic E-state index is 5.79. The predicted molar refractivity (Wildman–Crippen MR) is 62.7 cm³/mol. The molecule has 0 aliphatic heterocycles. The van der Waals surface area contributed by atoms with E-state index >= 15 is 0 Å². The normalized spacial score (nSPS) is 10.5. The molecule has 0 atom stereocenters. The molecule has 3 nitrogen and oxygen atoms in total. The molecule has 5 heteroatoms. The van der Waals surface area contributed by atoms with Crippen molar-refractivity contribution in [1.29, 1.82) is 0 Å². The highest BCUT2D eigenvalue weighted by Gasteiger charge is 2.07. The number of benzene rings is 1. The van der Waals surface area contributed by atoms with Crippen molar-refractivity contribution >= 4 is 23.4 Å². The van der Waals surface area contributed by atoms with Gasteiger partial charge in [0.1, 0.15) is 6.33 Å². The quantitative estimate of drug-likeness (QED) is 0.610. The van der Waals surface area contributed by atoms with Gasteiger partial charge in [0.05, 0.1) is 11.6 Å². The fourth-order valence-electron chi connectivity index (χ4n) is 1.38. The topological polar surface area (TPSA) is 30.7 Å². The summed E-state index contributed by atoms with van der Waals surface area (Å²) in [6.07, 6.45) is 3.73. The minimum Gasteiger partial charge on any atom is -0.283 e. The van der Waals surface area contributed by atoms with Gasteiger partial charge >= 0.3 is 0 Å². The molecule has 0 aliphatic rings. The largest absolute Gasteiger partial charge is 0.283 e. The van der Waals surface area contributed by atoms with E-state index in [0.717, 1.165) is 11.5 Å². The third-order valence-electron chi connectivity index (χ3n) is 2.08. The van der Waals surface area contributed by atoms with Gasteiger partial charge in [0.15, 0.2) is 5.82 Å². The van der Waals surface area contributed by atoms with Gasteiger partial charge in [-0.3, -0.25) is 4.57 Å². The number of hydrogen-bond acceptors (Lipinski definition) is 3. The lowest BCUT2D eigenvalue weighted by Crippen LogP contribution is -1.99. The Labute approximate surface area is 97.5 Å². The zero-order valence-electron chi connectivity index (χ0n) is 8.22. The molecule has 1 aromatic heterocycles. The molecule has 0 fully saturated rings. The van der Waals surface area contributed by atoms with Crippen LogP contribution >= 0.6 is 23.4 Å². The van der Waals surface area contributed by atoms with E-state index in [-0.39, 0.29) is 0 Å². The standard InChI is InChI=1S/C10H10ClN3S/c1-15-9-5-3-2-4-8(9)14-7-12-13-10(14)6-11/h2-5,7H,6H2,1H3. The van der Waals surface area contributed by atoms with Crippen molar-refractivity contribution in [2.24, 2.45) is 0 Å². The van der Waals surface area contributed by atoms with Gasteiger partial charge in [-0.2, -0.15) is 0 Å². The Bertz CT molecular complexity index is 455. The lowest BCUT2D eigenvalue weighted by molar-refractivity contribution is 0.934. The van der Waals surface area contributed by atoms with E-state index in [9.17, 15) is 0 Å². The molecule has 0 spiro atoms. The highest BCUT2D eigenvalue weighted by atomic mass is 35.5. The molecule has 0 bridgehead atoms. The van der Waals surface area contributed by atoms with Crippen molar-refractivity contribution in [1.82, 2.24) is 14.8 Å². The van der Waals surface area contributed by atoms with Crippen molar-refractivity contribution in [3.63, 3.8) is 0 Å². The van der Waals surface area contributed by atoms with Crippen LogP contribution in [0.2, 0.25) is 0 Å². The molecule has 0 N–H and O–H groups in total. The lowest BCUT2D eigenvalue weighted by Gasteiger charge is -2.08. The number of para-hydroxylation sites is 1. The molecule has 1 aromatic carbocycles. The van der Waals surface area contributed by atoms with Crippen LogP contribution in [0, 0.1) is 0 Å². The summed E-state index contributed by atoms with van der Waals surface area (Å²) in [7, 11) is 0. The maximum Gasteiger partial charge on any atom is 0.152 e. The van der Waals surface area contributed by atoms with Gasteiger partial charge in [-0.15, -0.1) is 33.6 Å². The fourth-order valence-corrected chi connectivity index (χ4v) is 2.15. The molecule has 2 rings (SSSR count). The van der Waals surface area contributed by atoms with E-state index < -0.39 is 0 Å². The Morgan fingerprint density at radius 3 is 2.93 bits per heavy atom.